The van der Waals surface area contributed by atoms with Crippen LogP contribution in [0.1, 0.15) is 36.8 Å². The molecule has 1 aromatic carbocycles. The molecule has 1 atom stereocenters. The van der Waals surface area contributed by atoms with Gasteiger partial charge in [0.05, 0.1) is 6.10 Å². The summed E-state index contributed by atoms with van der Waals surface area (Å²) in [5, 5.41) is 10.1. The van der Waals surface area contributed by atoms with Crippen molar-refractivity contribution in [3.05, 3.63) is 35.4 Å². The lowest BCUT2D eigenvalue weighted by Crippen LogP contribution is -2.21. The van der Waals surface area contributed by atoms with Crippen molar-refractivity contribution in [3.8, 4) is 0 Å². The molecule has 0 amide bonds. The van der Waals surface area contributed by atoms with Crippen LogP contribution in [0.15, 0.2) is 24.3 Å². The highest BCUT2D eigenvalue weighted by molar-refractivity contribution is 5.21. The molecule has 1 fully saturated rings. The minimum Gasteiger partial charge on any atom is -0.393 e. The standard InChI is InChI=1S/C16H24O2/c1-13-2-4-14(5-3-13)6-7-16(17)12-15-8-10-18-11-9-15/h2-5,15-17H,6-12H2,1H3. The first kappa shape index (κ1) is 13.6. The molecule has 1 heterocycles. The van der Waals surface area contributed by atoms with E-state index in [0.717, 1.165) is 45.3 Å². The summed E-state index contributed by atoms with van der Waals surface area (Å²) >= 11 is 0. The summed E-state index contributed by atoms with van der Waals surface area (Å²) in [6.45, 7) is 3.84. The molecule has 0 aromatic heterocycles. The van der Waals surface area contributed by atoms with Crippen molar-refractivity contribution in [1.82, 2.24) is 0 Å². The second-order valence-corrected chi connectivity index (χ2v) is 5.47. The summed E-state index contributed by atoms with van der Waals surface area (Å²) < 4.78 is 5.34. The first-order chi connectivity index (χ1) is 8.74. The number of aryl methyl sites for hydroxylation is 2. The van der Waals surface area contributed by atoms with Gasteiger partial charge in [0.2, 0.25) is 0 Å². The van der Waals surface area contributed by atoms with Crippen LogP contribution in [0, 0.1) is 12.8 Å². The second-order valence-electron chi connectivity index (χ2n) is 5.47. The highest BCUT2D eigenvalue weighted by Crippen LogP contribution is 2.21. The van der Waals surface area contributed by atoms with Gasteiger partial charge in [0, 0.05) is 13.2 Å². The predicted octanol–water partition coefficient (Wildman–Crippen LogP) is 3.11. The van der Waals surface area contributed by atoms with Crippen LogP contribution in [0.5, 0.6) is 0 Å². The Kier molecular flexibility index (Phi) is 5.21. The lowest BCUT2D eigenvalue weighted by atomic mass is 9.91. The SMILES string of the molecule is Cc1ccc(CCC(O)CC2CCOCC2)cc1. The van der Waals surface area contributed by atoms with Gasteiger partial charge in [-0.3, -0.25) is 0 Å². The largest absolute Gasteiger partial charge is 0.393 e. The summed E-state index contributed by atoms with van der Waals surface area (Å²) in [5.74, 6) is 0.659. The summed E-state index contributed by atoms with van der Waals surface area (Å²) in [5.41, 5.74) is 2.62. The van der Waals surface area contributed by atoms with Gasteiger partial charge in [0.25, 0.3) is 0 Å². The molecule has 0 saturated carbocycles. The molecule has 2 nitrogen and oxygen atoms in total. The Balaban J connectivity index is 1.70. The number of hydrogen-bond donors (Lipinski definition) is 1. The molecular formula is C16H24O2. The number of benzene rings is 1. The van der Waals surface area contributed by atoms with E-state index in [9.17, 15) is 5.11 Å². The Labute approximate surface area is 110 Å². The highest BCUT2D eigenvalue weighted by atomic mass is 16.5. The number of aliphatic hydroxyl groups excluding tert-OH is 1. The Morgan fingerprint density at radius 2 is 1.89 bits per heavy atom. The molecule has 0 radical (unpaired) electrons. The van der Waals surface area contributed by atoms with Crippen molar-refractivity contribution in [2.45, 2.75) is 45.1 Å². The maximum atomic E-state index is 10.1. The highest BCUT2D eigenvalue weighted by Gasteiger charge is 2.17. The monoisotopic (exact) mass is 248 g/mol. The van der Waals surface area contributed by atoms with Crippen LogP contribution < -0.4 is 0 Å². The van der Waals surface area contributed by atoms with E-state index in [1.165, 1.54) is 11.1 Å². The van der Waals surface area contributed by atoms with Gasteiger partial charge in [-0.2, -0.15) is 0 Å². The minimum atomic E-state index is -0.158. The molecule has 18 heavy (non-hydrogen) atoms. The van der Waals surface area contributed by atoms with E-state index in [4.69, 9.17) is 4.74 Å². The van der Waals surface area contributed by atoms with Crippen molar-refractivity contribution < 1.29 is 9.84 Å². The maximum Gasteiger partial charge on any atom is 0.0546 e. The molecule has 0 aliphatic carbocycles. The molecule has 1 N–H and O–H groups in total. The summed E-state index contributed by atoms with van der Waals surface area (Å²) in [4.78, 5) is 0. The number of hydrogen-bond acceptors (Lipinski definition) is 2. The molecular weight excluding hydrogens is 224 g/mol. The van der Waals surface area contributed by atoms with E-state index in [1.54, 1.807) is 0 Å². The molecule has 1 saturated heterocycles. The first-order valence-electron chi connectivity index (χ1n) is 7.05. The lowest BCUT2D eigenvalue weighted by Gasteiger charge is -2.24. The first-order valence-corrected chi connectivity index (χ1v) is 7.05. The third-order valence-corrected chi connectivity index (χ3v) is 3.83. The van der Waals surface area contributed by atoms with E-state index >= 15 is 0 Å². The number of ether oxygens (including phenoxy) is 1. The lowest BCUT2D eigenvalue weighted by molar-refractivity contribution is 0.0421. The van der Waals surface area contributed by atoms with Crippen molar-refractivity contribution in [2.75, 3.05) is 13.2 Å². The predicted molar refractivity (Wildman–Crippen MR) is 73.7 cm³/mol. The third kappa shape index (κ3) is 4.43. The Bertz CT molecular complexity index is 339. The second kappa shape index (κ2) is 6.91. The molecule has 0 spiro atoms. The smallest absolute Gasteiger partial charge is 0.0546 e. The van der Waals surface area contributed by atoms with Gasteiger partial charge < -0.3 is 9.84 Å². The average molecular weight is 248 g/mol. The minimum absolute atomic E-state index is 0.158. The van der Waals surface area contributed by atoms with Crippen LogP contribution >= 0.6 is 0 Å². The fraction of sp³-hybridized carbons (Fsp3) is 0.625. The van der Waals surface area contributed by atoms with Crippen LogP contribution in [-0.4, -0.2) is 24.4 Å². The summed E-state index contributed by atoms with van der Waals surface area (Å²) in [6.07, 6.45) is 4.86. The Morgan fingerprint density at radius 1 is 1.22 bits per heavy atom. The van der Waals surface area contributed by atoms with Crippen LogP contribution in [0.3, 0.4) is 0 Å². The normalized spacial score (nSPS) is 18.8. The zero-order valence-electron chi connectivity index (χ0n) is 11.3. The quantitative estimate of drug-likeness (QED) is 0.867. The van der Waals surface area contributed by atoms with Gasteiger partial charge >= 0.3 is 0 Å². The maximum absolute atomic E-state index is 10.1. The number of aliphatic hydroxyl groups is 1. The van der Waals surface area contributed by atoms with Gasteiger partial charge in [0.15, 0.2) is 0 Å². The van der Waals surface area contributed by atoms with Gasteiger partial charge in [-0.25, -0.2) is 0 Å². The molecule has 1 aromatic rings. The summed E-state index contributed by atoms with van der Waals surface area (Å²) in [7, 11) is 0. The molecule has 2 heteroatoms. The molecule has 1 aliphatic heterocycles. The fourth-order valence-corrected chi connectivity index (χ4v) is 2.57. The van der Waals surface area contributed by atoms with Crippen molar-refractivity contribution in [2.24, 2.45) is 5.92 Å². The molecule has 0 bridgehead atoms. The van der Waals surface area contributed by atoms with Crippen LogP contribution in [0.2, 0.25) is 0 Å². The topological polar surface area (TPSA) is 29.5 Å². The van der Waals surface area contributed by atoms with Crippen molar-refractivity contribution in [3.63, 3.8) is 0 Å². The molecule has 100 valence electrons. The van der Waals surface area contributed by atoms with Gasteiger partial charge in [-0.15, -0.1) is 0 Å². The Morgan fingerprint density at radius 3 is 2.56 bits per heavy atom. The van der Waals surface area contributed by atoms with E-state index < -0.39 is 0 Å². The van der Waals surface area contributed by atoms with Crippen LogP contribution in [0.25, 0.3) is 0 Å². The van der Waals surface area contributed by atoms with Gasteiger partial charge in [0.1, 0.15) is 0 Å². The van der Waals surface area contributed by atoms with Gasteiger partial charge in [-0.05, 0) is 50.5 Å². The zero-order chi connectivity index (χ0) is 12.8. The van der Waals surface area contributed by atoms with Crippen molar-refractivity contribution in [1.29, 1.82) is 0 Å². The third-order valence-electron chi connectivity index (χ3n) is 3.83. The van der Waals surface area contributed by atoms with Crippen LogP contribution in [-0.2, 0) is 11.2 Å². The average Bonchev–Trinajstić information content (AvgIpc) is 2.39. The van der Waals surface area contributed by atoms with E-state index in [-0.39, 0.29) is 6.10 Å². The van der Waals surface area contributed by atoms with Crippen LogP contribution in [0.4, 0.5) is 0 Å². The molecule has 2 rings (SSSR count). The molecule has 1 aliphatic rings. The van der Waals surface area contributed by atoms with E-state index in [1.807, 2.05) is 0 Å². The van der Waals surface area contributed by atoms with Gasteiger partial charge in [-0.1, -0.05) is 29.8 Å². The summed E-state index contributed by atoms with van der Waals surface area (Å²) in [6, 6.07) is 8.60. The van der Waals surface area contributed by atoms with E-state index in [2.05, 4.69) is 31.2 Å². The molecule has 1 unspecified atom stereocenters. The van der Waals surface area contributed by atoms with Crippen molar-refractivity contribution >= 4 is 0 Å². The Hall–Kier alpha value is -0.860. The fourth-order valence-electron chi connectivity index (χ4n) is 2.57. The van der Waals surface area contributed by atoms with E-state index in [0.29, 0.717) is 5.92 Å². The zero-order valence-corrected chi connectivity index (χ0v) is 11.3. The number of rotatable bonds is 5.